The Bertz CT molecular complexity index is 4280. The first kappa shape index (κ1) is 39.6. The zero-order valence-corrected chi connectivity index (χ0v) is 37.8. The monoisotopic (exact) mass is 892 g/mol. The van der Waals surface area contributed by atoms with Gasteiger partial charge in [0.15, 0.2) is 17.5 Å². The number of para-hydroxylation sites is 5. The van der Waals surface area contributed by atoms with Crippen molar-refractivity contribution in [2.45, 2.75) is 0 Å². The molecule has 0 unspecified atom stereocenters. The normalized spacial score (nSPS) is 11.7. The van der Waals surface area contributed by atoms with Gasteiger partial charge in [0.05, 0.1) is 33.3 Å². The fourth-order valence-corrected chi connectivity index (χ4v) is 10.6. The van der Waals surface area contributed by atoms with Gasteiger partial charge < -0.3 is 9.13 Å². The van der Waals surface area contributed by atoms with Crippen LogP contribution in [-0.4, -0.2) is 29.1 Å². The van der Waals surface area contributed by atoms with Crippen molar-refractivity contribution in [3.05, 3.63) is 243 Å². The van der Waals surface area contributed by atoms with Crippen molar-refractivity contribution in [3.8, 4) is 67.9 Å². The summed E-state index contributed by atoms with van der Waals surface area (Å²) in [4.78, 5) is 21.0. The average Bonchev–Trinajstić information content (AvgIpc) is 3.96. The molecule has 6 nitrogen and oxygen atoms in total. The Hall–Kier alpha value is -9.52. The van der Waals surface area contributed by atoms with Gasteiger partial charge in [-0.15, -0.1) is 0 Å². The maximum absolute atomic E-state index is 5.59. The Balaban J connectivity index is 0.931. The van der Waals surface area contributed by atoms with E-state index in [0.29, 0.717) is 17.5 Å². The predicted molar refractivity (Wildman–Crippen MR) is 288 cm³/mol. The second-order valence-corrected chi connectivity index (χ2v) is 17.8. The highest BCUT2D eigenvalue weighted by Gasteiger charge is 2.22. The molecule has 0 atom stereocenters. The van der Waals surface area contributed by atoms with Gasteiger partial charge in [0, 0.05) is 76.9 Å². The first-order valence-corrected chi connectivity index (χ1v) is 23.6. The molecule has 6 heteroatoms. The highest BCUT2D eigenvalue weighted by Crippen LogP contribution is 2.44. The third kappa shape index (κ3) is 6.35. The lowest BCUT2D eigenvalue weighted by Gasteiger charge is -2.15. The molecule has 0 aliphatic heterocycles. The van der Waals surface area contributed by atoms with Crippen LogP contribution in [0.15, 0.2) is 243 Å². The maximum Gasteiger partial charge on any atom is 0.164 e. The van der Waals surface area contributed by atoms with E-state index in [0.717, 1.165) is 83.3 Å². The van der Waals surface area contributed by atoms with E-state index in [1.165, 1.54) is 32.4 Å². The summed E-state index contributed by atoms with van der Waals surface area (Å²) >= 11 is 0. The van der Waals surface area contributed by atoms with E-state index in [9.17, 15) is 0 Å². The minimum absolute atomic E-state index is 0.600. The van der Waals surface area contributed by atoms with Gasteiger partial charge in [-0.2, -0.15) is 0 Å². The SMILES string of the molecule is c1ccc(-c2nc(-c3ccc(-c4cccc5c4nc(-c4ccccc4)c4ccc6c(c7ccccc7n6-c6ccccc6)c45)cc3)nc(-c3cccc(-n4c5ccccc5c5ccccc54)c3)n2)cc1. The summed E-state index contributed by atoms with van der Waals surface area (Å²) in [6.45, 7) is 0. The van der Waals surface area contributed by atoms with Gasteiger partial charge in [-0.1, -0.05) is 194 Å². The molecule has 0 radical (unpaired) electrons. The molecule has 0 amide bonds. The van der Waals surface area contributed by atoms with Gasteiger partial charge in [-0.25, -0.2) is 19.9 Å². The van der Waals surface area contributed by atoms with Crippen molar-refractivity contribution in [2.75, 3.05) is 0 Å². The minimum Gasteiger partial charge on any atom is -0.309 e. The summed E-state index contributed by atoms with van der Waals surface area (Å²) in [7, 11) is 0. The molecule has 14 aromatic rings. The second kappa shape index (κ2) is 16.1. The summed E-state index contributed by atoms with van der Waals surface area (Å²) in [5, 5.41) is 8.28. The highest BCUT2D eigenvalue weighted by atomic mass is 15.0. The van der Waals surface area contributed by atoms with Crippen LogP contribution in [0.1, 0.15) is 0 Å². The molecule has 326 valence electrons. The quantitative estimate of drug-likeness (QED) is 0.150. The Labute approximate surface area is 403 Å². The molecule has 70 heavy (non-hydrogen) atoms. The molecule has 0 fully saturated rings. The van der Waals surface area contributed by atoms with Crippen LogP contribution in [-0.2, 0) is 0 Å². The van der Waals surface area contributed by atoms with Crippen LogP contribution in [0.3, 0.4) is 0 Å². The Morgan fingerprint density at radius 1 is 0.257 bits per heavy atom. The number of hydrogen-bond acceptors (Lipinski definition) is 4. The van der Waals surface area contributed by atoms with Crippen LogP contribution < -0.4 is 0 Å². The van der Waals surface area contributed by atoms with E-state index in [1.807, 2.05) is 18.2 Å². The van der Waals surface area contributed by atoms with E-state index in [1.54, 1.807) is 0 Å². The van der Waals surface area contributed by atoms with Gasteiger partial charge in [0.2, 0.25) is 0 Å². The van der Waals surface area contributed by atoms with E-state index in [4.69, 9.17) is 19.9 Å². The number of fused-ring (bicyclic) bond motifs is 10. The lowest BCUT2D eigenvalue weighted by Crippen LogP contribution is -2.01. The molecule has 0 bridgehead atoms. The first-order valence-electron chi connectivity index (χ1n) is 23.6. The predicted octanol–water partition coefficient (Wildman–Crippen LogP) is 16.1. The second-order valence-electron chi connectivity index (χ2n) is 17.8. The fourth-order valence-electron chi connectivity index (χ4n) is 10.6. The van der Waals surface area contributed by atoms with Crippen LogP contribution in [0.2, 0.25) is 0 Å². The van der Waals surface area contributed by atoms with E-state index >= 15 is 0 Å². The molecule has 14 rings (SSSR count). The Kier molecular flexibility index (Phi) is 9.10. The van der Waals surface area contributed by atoms with Gasteiger partial charge in [0.1, 0.15) is 0 Å². The van der Waals surface area contributed by atoms with E-state index < -0.39 is 0 Å². The summed E-state index contributed by atoms with van der Waals surface area (Å²) in [6, 6.07) is 85.5. The van der Waals surface area contributed by atoms with Crippen LogP contribution >= 0.6 is 0 Å². The number of hydrogen-bond donors (Lipinski definition) is 0. The van der Waals surface area contributed by atoms with Gasteiger partial charge in [-0.05, 0) is 54.1 Å². The number of nitrogens with zero attached hydrogens (tertiary/aromatic N) is 6. The fraction of sp³-hybridized carbons (Fsp3) is 0. The van der Waals surface area contributed by atoms with Crippen molar-refractivity contribution < 1.29 is 0 Å². The van der Waals surface area contributed by atoms with E-state index in [2.05, 4.69) is 234 Å². The number of pyridine rings is 1. The summed E-state index contributed by atoms with van der Waals surface area (Å²) in [5.74, 6) is 1.82. The zero-order chi connectivity index (χ0) is 46.1. The third-order valence-electron chi connectivity index (χ3n) is 13.7. The topological polar surface area (TPSA) is 61.4 Å². The minimum atomic E-state index is 0.600. The lowest BCUT2D eigenvalue weighted by molar-refractivity contribution is 1.07. The van der Waals surface area contributed by atoms with Crippen LogP contribution in [0.5, 0.6) is 0 Å². The Morgan fingerprint density at radius 3 is 1.40 bits per heavy atom. The average molecular weight is 893 g/mol. The third-order valence-corrected chi connectivity index (χ3v) is 13.7. The molecule has 4 aromatic heterocycles. The van der Waals surface area contributed by atoms with Crippen LogP contribution in [0.4, 0.5) is 0 Å². The largest absolute Gasteiger partial charge is 0.309 e. The number of aromatic nitrogens is 6. The number of rotatable bonds is 7. The smallest absolute Gasteiger partial charge is 0.164 e. The maximum atomic E-state index is 5.59. The van der Waals surface area contributed by atoms with Crippen molar-refractivity contribution in [2.24, 2.45) is 0 Å². The van der Waals surface area contributed by atoms with Crippen molar-refractivity contribution in [1.82, 2.24) is 29.1 Å². The Morgan fingerprint density at radius 2 is 0.729 bits per heavy atom. The molecule has 10 aromatic carbocycles. The molecule has 0 spiro atoms. The van der Waals surface area contributed by atoms with Gasteiger partial charge in [0.25, 0.3) is 0 Å². The molecule has 0 saturated carbocycles. The molecule has 0 saturated heterocycles. The molecule has 4 heterocycles. The zero-order valence-electron chi connectivity index (χ0n) is 37.8. The van der Waals surface area contributed by atoms with Crippen molar-refractivity contribution in [3.63, 3.8) is 0 Å². The van der Waals surface area contributed by atoms with Gasteiger partial charge >= 0.3 is 0 Å². The van der Waals surface area contributed by atoms with Crippen molar-refractivity contribution >= 4 is 65.3 Å². The molecular formula is C64H40N6. The molecule has 0 N–H and O–H groups in total. The van der Waals surface area contributed by atoms with Crippen LogP contribution in [0.25, 0.3) is 133 Å². The summed E-state index contributed by atoms with van der Waals surface area (Å²) in [6.07, 6.45) is 0. The van der Waals surface area contributed by atoms with Crippen molar-refractivity contribution in [1.29, 1.82) is 0 Å². The molecule has 0 aliphatic carbocycles. The summed E-state index contributed by atoms with van der Waals surface area (Å²) < 4.78 is 4.71. The van der Waals surface area contributed by atoms with Gasteiger partial charge in [-0.3, -0.25) is 0 Å². The standard InChI is InChI=1S/C64H40N6/c1-4-18-42(19-5-1)60-53-38-39-57-59(51-28-12-15-33-56(51)69(57)46-23-8-3-9-24-46)58(53)52-30-17-29-48(61(52)65-60)41-34-36-44(37-35-41)63-66-62(43-20-6-2-7-21-43)67-64(68-63)45-22-16-25-47(40-45)70-54-31-13-10-26-49(54)50-27-11-14-32-55(50)70/h1-40H. The first-order chi connectivity index (χ1) is 34.7. The highest BCUT2D eigenvalue weighted by molar-refractivity contribution is 6.30. The van der Waals surface area contributed by atoms with Crippen LogP contribution in [0, 0.1) is 0 Å². The molecular weight excluding hydrogens is 853 g/mol. The summed E-state index contributed by atoms with van der Waals surface area (Å²) in [5.41, 5.74) is 14.6. The van der Waals surface area contributed by atoms with E-state index in [-0.39, 0.29) is 0 Å². The number of benzene rings is 10. The molecule has 0 aliphatic rings. The lowest BCUT2D eigenvalue weighted by atomic mass is 9.93.